The Morgan fingerprint density at radius 3 is 2.80 bits per heavy atom. The van der Waals surface area contributed by atoms with Crippen LogP contribution in [0.5, 0.6) is 0 Å². The molecular weight excluding hydrogens is 270 g/mol. The summed E-state index contributed by atoms with van der Waals surface area (Å²) in [7, 11) is 0. The topological polar surface area (TPSA) is 54.9 Å². The third-order valence-electron chi connectivity index (χ3n) is 3.14. The van der Waals surface area contributed by atoms with Gasteiger partial charge in [-0.2, -0.15) is 0 Å². The largest absolute Gasteiger partial charge is 0.322 e. The number of nitrogens with zero attached hydrogens (tertiary/aromatic N) is 2. The number of hydrogen-bond donors (Lipinski definition) is 1. The van der Waals surface area contributed by atoms with Crippen LogP contribution in [0.1, 0.15) is 21.5 Å². The Bertz CT molecular complexity index is 795. The van der Waals surface area contributed by atoms with Crippen LogP contribution < -0.4 is 5.32 Å². The maximum atomic E-state index is 12.3. The highest BCUT2D eigenvalue weighted by Gasteiger charge is 2.09. The summed E-state index contributed by atoms with van der Waals surface area (Å²) in [5.74, 6) is -0.133. The molecule has 0 aliphatic carbocycles. The van der Waals surface area contributed by atoms with Gasteiger partial charge in [0, 0.05) is 11.3 Å². The van der Waals surface area contributed by atoms with Crippen molar-refractivity contribution in [2.75, 3.05) is 5.32 Å². The first-order valence-corrected chi connectivity index (χ1v) is 7.01. The average molecular weight is 283 g/mol. The van der Waals surface area contributed by atoms with Crippen molar-refractivity contribution in [3.05, 3.63) is 53.1 Å². The van der Waals surface area contributed by atoms with E-state index < -0.39 is 0 Å². The van der Waals surface area contributed by atoms with Crippen molar-refractivity contribution in [1.82, 2.24) is 9.59 Å². The van der Waals surface area contributed by atoms with Crippen LogP contribution in [0.4, 0.5) is 5.69 Å². The minimum atomic E-state index is -0.133. The van der Waals surface area contributed by atoms with Crippen LogP contribution in [0.3, 0.4) is 0 Å². The van der Waals surface area contributed by atoms with Gasteiger partial charge in [-0.1, -0.05) is 22.2 Å². The highest BCUT2D eigenvalue weighted by atomic mass is 32.1. The zero-order chi connectivity index (χ0) is 14.1. The van der Waals surface area contributed by atoms with Crippen molar-refractivity contribution >= 4 is 33.3 Å². The Morgan fingerprint density at radius 1 is 1.15 bits per heavy atom. The molecule has 4 nitrogen and oxygen atoms in total. The van der Waals surface area contributed by atoms with E-state index >= 15 is 0 Å². The number of carbonyl (C=O) groups excluding carboxylic acids is 1. The summed E-state index contributed by atoms with van der Waals surface area (Å²) in [6.07, 6.45) is 0. The number of anilines is 1. The van der Waals surface area contributed by atoms with E-state index in [2.05, 4.69) is 14.9 Å². The normalized spacial score (nSPS) is 10.7. The molecule has 2 aromatic carbocycles. The zero-order valence-corrected chi connectivity index (χ0v) is 12.0. The fraction of sp³-hybridized carbons (Fsp3) is 0.133. The van der Waals surface area contributed by atoms with E-state index in [1.165, 1.54) is 17.1 Å². The van der Waals surface area contributed by atoms with E-state index in [9.17, 15) is 4.79 Å². The van der Waals surface area contributed by atoms with E-state index in [1.807, 2.05) is 38.1 Å². The van der Waals surface area contributed by atoms with Gasteiger partial charge in [0.25, 0.3) is 5.91 Å². The number of fused-ring (bicyclic) bond motifs is 1. The number of aromatic nitrogens is 2. The van der Waals surface area contributed by atoms with E-state index in [0.29, 0.717) is 5.56 Å². The number of rotatable bonds is 2. The molecule has 20 heavy (non-hydrogen) atoms. The zero-order valence-electron chi connectivity index (χ0n) is 11.2. The van der Waals surface area contributed by atoms with Crippen molar-refractivity contribution < 1.29 is 4.79 Å². The molecule has 1 amide bonds. The Morgan fingerprint density at radius 2 is 2.00 bits per heavy atom. The van der Waals surface area contributed by atoms with Gasteiger partial charge in [-0.15, -0.1) is 5.10 Å². The Hall–Kier alpha value is -2.27. The molecule has 0 unspecified atom stereocenters. The second-order valence-corrected chi connectivity index (χ2v) is 5.51. The van der Waals surface area contributed by atoms with Crippen molar-refractivity contribution in [3.63, 3.8) is 0 Å². The molecule has 1 N–H and O–H groups in total. The molecule has 1 aromatic heterocycles. The predicted octanol–water partition coefficient (Wildman–Crippen LogP) is 3.56. The molecule has 1 heterocycles. The fourth-order valence-corrected chi connectivity index (χ4v) is 2.61. The van der Waals surface area contributed by atoms with E-state index in [-0.39, 0.29) is 5.91 Å². The first-order chi connectivity index (χ1) is 9.63. The molecule has 0 saturated heterocycles. The van der Waals surface area contributed by atoms with Gasteiger partial charge >= 0.3 is 0 Å². The summed E-state index contributed by atoms with van der Waals surface area (Å²) in [6, 6.07) is 11.4. The number of amides is 1. The van der Waals surface area contributed by atoms with E-state index in [0.717, 1.165) is 21.5 Å². The Kier molecular flexibility index (Phi) is 3.20. The molecule has 100 valence electrons. The molecule has 0 bridgehead atoms. The predicted molar refractivity (Wildman–Crippen MR) is 81.3 cm³/mol. The van der Waals surface area contributed by atoms with Gasteiger partial charge in [0.1, 0.15) is 5.52 Å². The number of hydrogen-bond acceptors (Lipinski definition) is 4. The number of aryl methyl sites for hydroxylation is 2. The molecule has 0 saturated carbocycles. The van der Waals surface area contributed by atoms with Crippen LogP contribution in [0.25, 0.3) is 10.2 Å². The molecule has 0 radical (unpaired) electrons. The second kappa shape index (κ2) is 5.02. The Labute approximate surface area is 120 Å². The number of benzene rings is 2. The minimum absolute atomic E-state index is 0.133. The molecule has 5 heteroatoms. The van der Waals surface area contributed by atoms with Crippen LogP contribution in [0, 0.1) is 13.8 Å². The van der Waals surface area contributed by atoms with Crippen LogP contribution in [-0.4, -0.2) is 15.5 Å². The van der Waals surface area contributed by atoms with Gasteiger partial charge in [-0.3, -0.25) is 4.79 Å². The van der Waals surface area contributed by atoms with E-state index in [4.69, 9.17) is 0 Å². The lowest BCUT2D eigenvalue weighted by molar-refractivity contribution is 0.102. The molecule has 0 spiro atoms. The molecular formula is C15H13N3OS. The van der Waals surface area contributed by atoms with Crippen LogP contribution in [-0.2, 0) is 0 Å². The molecule has 3 rings (SSSR count). The highest BCUT2D eigenvalue weighted by molar-refractivity contribution is 7.12. The molecule has 0 fully saturated rings. The average Bonchev–Trinajstić information content (AvgIpc) is 2.89. The lowest BCUT2D eigenvalue weighted by Gasteiger charge is -2.09. The first kappa shape index (κ1) is 12.7. The summed E-state index contributed by atoms with van der Waals surface area (Å²) in [6.45, 7) is 4.01. The van der Waals surface area contributed by atoms with Crippen LogP contribution in [0.2, 0.25) is 0 Å². The van der Waals surface area contributed by atoms with Gasteiger partial charge < -0.3 is 5.32 Å². The quantitative estimate of drug-likeness (QED) is 0.782. The SMILES string of the molecule is Cc1ccc(NC(=O)c2ccc3snnc3c2)c(C)c1. The molecule has 0 atom stereocenters. The lowest BCUT2D eigenvalue weighted by Crippen LogP contribution is -2.12. The molecule has 0 aliphatic rings. The van der Waals surface area contributed by atoms with Gasteiger partial charge in [-0.05, 0) is 55.2 Å². The van der Waals surface area contributed by atoms with Crippen molar-refractivity contribution in [1.29, 1.82) is 0 Å². The fourth-order valence-electron chi connectivity index (χ4n) is 2.07. The van der Waals surface area contributed by atoms with Crippen LogP contribution >= 0.6 is 11.5 Å². The summed E-state index contributed by atoms with van der Waals surface area (Å²) in [5, 5.41) is 6.91. The van der Waals surface area contributed by atoms with Gasteiger partial charge in [0.2, 0.25) is 0 Å². The monoisotopic (exact) mass is 283 g/mol. The molecule has 3 aromatic rings. The maximum Gasteiger partial charge on any atom is 0.255 e. The second-order valence-electron chi connectivity index (χ2n) is 4.73. The van der Waals surface area contributed by atoms with Crippen molar-refractivity contribution in [2.24, 2.45) is 0 Å². The van der Waals surface area contributed by atoms with Gasteiger partial charge in [0.15, 0.2) is 0 Å². The standard InChI is InChI=1S/C15H13N3OS/c1-9-3-5-12(10(2)7-9)16-15(19)11-4-6-14-13(8-11)17-18-20-14/h3-8H,1-2H3,(H,16,19). The van der Waals surface area contributed by atoms with Crippen molar-refractivity contribution in [3.8, 4) is 0 Å². The van der Waals surface area contributed by atoms with Crippen LogP contribution in [0.15, 0.2) is 36.4 Å². The summed E-state index contributed by atoms with van der Waals surface area (Å²) < 4.78 is 4.85. The Balaban J connectivity index is 1.88. The highest BCUT2D eigenvalue weighted by Crippen LogP contribution is 2.20. The van der Waals surface area contributed by atoms with Gasteiger partial charge in [-0.25, -0.2) is 0 Å². The minimum Gasteiger partial charge on any atom is -0.322 e. The third kappa shape index (κ3) is 2.40. The van der Waals surface area contributed by atoms with E-state index in [1.54, 1.807) is 12.1 Å². The summed E-state index contributed by atoms with van der Waals surface area (Å²) in [5.41, 5.74) is 4.40. The van der Waals surface area contributed by atoms with Gasteiger partial charge in [0.05, 0.1) is 4.70 Å². The number of nitrogens with one attached hydrogen (secondary N) is 1. The molecule has 0 aliphatic heterocycles. The lowest BCUT2D eigenvalue weighted by atomic mass is 10.1. The first-order valence-electron chi connectivity index (χ1n) is 6.24. The third-order valence-corrected chi connectivity index (χ3v) is 3.84. The van der Waals surface area contributed by atoms with Crippen molar-refractivity contribution in [2.45, 2.75) is 13.8 Å². The number of carbonyl (C=O) groups is 1. The smallest absolute Gasteiger partial charge is 0.255 e. The maximum absolute atomic E-state index is 12.3. The summed E-state index contributed by atoms with van der Waals surface area (Å²) >= 11 is 1.32. The summed E-state index contributed by atoms with van der Waals surface area (Å²) in [4.78, 5) is 12.3.